The average molecular weight is 319 g/mol. The molecule has 0 saturated heterocycles. The predicted molar refractivity (Wildman–Crippen MR) is 102 cm³/mol. The second kappa shape index (κ2) is 7.93. The van der Waals surface area contributed by atoms with Gasteiger partial charge in [-0.1, -0.05) is 55.5 Å². The first kappa shape index (κ1) is 16.5. The summed E-state index contributed by atoms with van der Waals surface area (Å²) in [4.78, 5) is 7.34. The van der Waals surface area contributed by atoms with Gasteiger partial charge in [-0.25, -0.2) is 4.98 Å². The number of benzene rings is 2. The van der Waals surface area contributed by atoms with Gasteiger partial charge in [0.2, 0.25) is 0 Å². The molecule has 124 valence electrons. The van der Waals surface area contributed by atoms with Crippen molar-refractivity contribution >= 4 is 16.7 Å². The van der Waals surface area contributed by atoms with Crippen LogP contribution >= 0.6 is 0 Å². The molecule has 2 aromatic carbocycles. The number of hydrogen-bond donors (Lipinski definition) is 1. The molecule has 0 bridgehead atoms. The highest BCUT2D eigenvalue weighted by molar-refractivity contribution is 5.81. The predicted octanol–water partition coefficient (Wildman–Crippen LogP) is 4.37. The first-order valence-corrected chi connectivity index (χ1v) is 8.70. The van der Waals surface area contributed by atoms with Crippen molar-refractivity contribution in [3.63, 3.8) is 0 Å². The van der Waals surface area contributed by atoms with Gasteiger partial charge in [0.1, 0.15) is 5.82 Å². The number of para-hydroxylation sites is 1. The van der Waals surface area contributed by atoms with Gasteiger partial charge >= 0.3 is 0 Å². The first-order chi connectivity index (χ1) is 11.8. The molecule has 0 amide bonds. The molecule has 24 heavy (non-hydrogen) atoms. The van der Waals surface area contributed by atoms with Crippen LogP contribution in [0.25, 0.3) is 10.9 Å². The topological polar surface area (TPSA) is 28.2 Å². The standard InChI is InChI=1S/C21H25N3/c1-3-22-15-19-14-18-12-8-9-13-20(18)23-21(19)24(4-2)16-17-10-6-5-7-11-17/h5-14,22H,3-4,15-16H2,1-2H3. The number of nitrogens with zero attached hydrogens (tertiary/aromatic N) is 2. The lowest BCUT2D eigenvalue weighted by Crippen LogP contribution is -2.26. The molecular formula is C21H25N3. The summed E-state index contributed by atoms with van der Waals surface area (Å²) in [6.45, 7) is 7.93. The molecular weight excluding hydrogens is 294 g/mol. The van der Waals surface area contributed by atoms with E-state index >= 15 is 0 Å². The fourth-order valence-electron chi connectivity index (χ4n) is 2.95. The molecule has 0 fully saturated rings. The maximum absolute atomic E-state index is 4.98. The van der Waals surface area contributed by atoms with Crippen molar-refractivity contribution in [3.05, 3.63) is 71.8 Å². The third-order valence-corrected chi connectivity index (χ3v) is 4.24. The van der Waals surface area contributed by atoms with Crippen LogP contribution in [0.1, 0.15) is 25.0 Å². The quantitative estimate of drug-likeness (QED) is 0.701. The SMILES string of the molecule is CCNCc1cc2ccccc2nc1N(CC)Cc1ccccc1. The Balaban J connectivity index is 2.00. The summed E-state index contributed by atoms with van der Waals surface area (Å²) in [5.41, 5.74) is 3.62. The van der Waals surface area contributed by atoms with Crippen LogP contribution in [-0.4, -0.2) is 18.1 Å². The molecule has 1 aromatic heterocycles. The third-order valence-electron chi connectivity index (χ3n) is 4.24. The van der Waals surface area contributed by atoms with Crippen LogP contribution in [0, 0.1) is 0 Å². The fourth-order valence-corrected chi connectivity index (χ4v) is 2.95. The van der Waals surface area contributed by atoms with Gasteiger partial charge in [0.25, 0.3) is 0 Å². The number of fused-ring (bicyclic) bond motifs is 1. The van der Waals surface area contributed by atoms with E-state index in [4.69, 9.17) is 4.98 Å². The smallest absolute Gasteiger partial charge is 0.134 e. The monoisotopic (exact) mass is 319 g/mol. The number of nitrogens with one attached hydrogen (secondary N) is 1. The maximum atomic E-state index is 4.98. The summed E-state index contributed by atoms with van der Waals surface area (Å²) in [7, 11) is 0. The second-order valence-corrected chi connectivity index (χ2v) is 5.94. The van der Waals surface area contributed by atoms with Crippen molar-refractivity contribution in [2.24, 2.45) is 0 Å². The van der Waals surface area contributed by atoms with E-state index in [2.05, 4.69) is 84.7 Å². The third kappa shape index (κ3) is 3.74. The summed E-state index contributed by atoms with van der Waals surface area (Å²) in [6.07, 6.45) is 0. The molecule has 0 aliphatic heterocycles. The van der Waals surface area contributed by atoms with Crippen LogP contribution in [0.15, 0.2) is 60.7 Å². The highest BCUT2D eigenvalue weighted by Crippen LogP contribution is 2.25. The van der Waals surface area contributed by atoms with Gasteiger partial charge in [0, 0.05) is 30.6 Å². The number of rotatable bonds is 7. The van der Waals surface area contributed by atoms with Gasteiger partial charge in [-0.05, 0) is 31.2 Å². The van der Waals surface area contributed by atoms with Crippen LogP contribution in [0.3, 0.4) is 0 Å². The van der Waals surface area contributed by atoms with Crippen molar-refractivity contribution in [2.45, 2.75) is 26.9 Å². The van der Waals surface area contributed by atoms with Gasteiger partial charge in [0.15, 0.2) is 0 Å². The van der Waals surface area contributed by atoms with Crippen LogP contribution in [0.5, 0.6) is 0 Å². The van der Waals surface area contributed by atoms with Crippen molar-refractivity contribution in [1.29, 1.82) is 0 Å². The minimum absolute atomic E-state index is 0.842. The molecule has 3 heteroatoms. The zero-order valence-electron chi connectivity index (χ0n) is 14.5. The van der Waals surface area contributed by atoms with Crippen LogP contribution in [-0.2, 0) is 13.1 Å². The second-order valence-electron chi connectivity index (χ2n) is 5.94. The Kier molecular flexibility index (Phi) is 5.44. The molecule has 1 N–H and O–H groups in total. The molecule has 0 unspecified atom stereocenters. The highest BCUT2D eigenvalue weighted by atomic mass is 15.2. The summed E-state index contributed by atoms with van der Waals surface area (Å²) in [6, 6.07) is 21.2. The Morgan fingerprint density at radius 3 is 2.46 bits per heavy atom. The number of aromatic nitrogens is 1. The van der Waals surface area contributed by atoms with E-state index in [-0.39, 0.29) is 0 Å². The van der Waals surface area contributed by atoms with E-state index in [0.29, 0.717) is 0 Å². The minimum atomic E-state index is 0.842. The van der Waals surface area contributed by atoms with Gasteiger partial charge in [-0.15, -0.1) is 0 Å². The zero-order chi connectivity index (χ0) is 16.8. The molecule has 3 rings (SSSR count). The summed E-state index contributed by atoms with van der Waals surface area (Å²) < 4.78 is 0. The van der Waals surface area contributed by atoms with Crippen molar-refractivity contribution in [2.75, 3.05) is 18.0 Å². The van der Waals surface area contributed by atoms with Crippen molar-refractivity contribution in [1.82, 2.24) is 10.3 Å². The molecule has 0 radical (unpaired) electrons. The largest absolute Gasteiger partial charge is 0.352 e. The summed E-state index contributed by atoms with van der Waals surface area (Å²) in [5, 5.41) is 4.64. The normalized spacial score (nSPS) is 10.9. The van der Waals surface area contributed by atoms with E-state index in [1.54, 1.807) is 0 Å². The average Bonchev–Trinajstić information content (AvgIpc) is 2.64. The first-order valence-electron chi connectivity index (χ1n) is 8.70. The minimum Gasteiger partial charge on any atom is -0.352 e. The van der Waals surface area contributed by atoms with E-state index in [9.17, 15) is 0 Å². The lowest BCUT2D eigenvalue weighted by molar-refractivity contribution is 0.715. The lowest BCUT2D eigenvalue weighted by Gasteiger charge is -2.25. The van der Waals surface area contributed by atoms with E-state index in [1.807, 2.05) is 0 Å². The Hall–Kier alpha value is -2.39. The lowest BCUT2D eigenvalue weighted by atomic mass is 10.1. The zero-order valence-corrected chi connectivity index (χ0v) is 14.5. The number of anilines is 1. The van der Waals surface area contributed by atoms with E-state index in [0.717, 1.165) is 37.5 Å². The summed E-state index contributed by atoms with van der Waals surface area (Å²) >= 11 is 0. The molecule has 0 aliphatic carbocycles. The van der Waals surface area contributed by atoms with Gasteiger partial charge in [-0.3, -0.25) is 0 Å². The van der Waals surface area contributed by atoms with E-state index < -0.39 is 0 Å². The Labute approximate surface area is 144 Å². The Bertz CT molecular complexity index is 783. The van der Waals surface area contributed by atoms with Crippen LogP contribution < -0.4 is 10.2 Å². The van der Waals surface area contributed by atoms with Crippen molar-refractivity contribution < 1.29 is 0 Å². The molecule has 3 aromatic rings. The number of hydrogen-bond acceptors (Lipinski definition) is 3. The molecule has 0 spiro atoms. The Morgan fingerprint density at radius 1 is 0.958 bits per heavy atom. The van der Waals surface area contributed by atoms with Gasteiger partial charge in [0.05, 0.1) is 5.52 Å². The highest BCUT2D eigenvalue weighted by Gasteiger charge is 2.13. The molecule has 0 saturated carbocycles. The fraction of sp³-hybridized carbons (Fsp3) is 0.286. The maximum Gasteiger partial charge on any atom is 0.134 e. The molecule has 0 atom stereocenters. The van der Waals surface area contributed by atoms with E-state index in [1.165, 1.54) is 16.5 Å². The van der Waals surface area contributed by atoms with Crippen molar-refractivity contribution in [3.8, 4) is 0 Å². The molecule has 3 nitrogen and oxygen atoms in total. The van der Waals surface area contributed by atoms with Crippen LogP contribution in [0.4, 0.5) is 5.82 Å². The molecule has 1 heterocycles. The molecule has 0 aliphatic rings. The van der Waals surface area contributed by atoms with Gasteiger partial charge < -0.3 is 10.2 Å². The van der Waals surface area contributed by atoms with Gasteiger partial charge in [-0.2, -0.15) is 0 Å². The number of pyridine rings is 1. The van der Waals surface area contributed by atoms with Crippen LogP contribution in [0.2, 0.25) is 0 Å². The summed E-state index contributed by atoms with van der Waals surface area (Å²) in [5.74, 6) is 1.08. The Morgan fingerprint density at radius 2 is 1.71 bits per heavy atom.